The Balaban J connectivity index is 1.88. The Kier molecular flexibility index (Phi) is 7.54. The molecule has 0 heterocycles. The van der Waals surface area contributed by atoms with E-state index >= 15 is 0 Å². The van der Waals surface area contributed by atoms with Crippen LogP contribution in [0.5, 0.6) is 11.5 Å². The van der Waals surface area contributed by atoms with Crippen molar-refractivity contribution in [2.75, 3.05) is 20.2 Å². The Labute approximate surface area is 155 Å². The summed E-state index contributed by atoms with van der Waals surface area (Å²) in [5.74, 6) is -1.49. The monoisotopic (exact) mass is 378 g/mol. The van der Waals surface area contributed by atoms with Crippen LogP contribution in [0.1, 0.15) is 15.9 Å². The molecule has 2 aromatic carbocycles. The van der Waals surface area contributed by atoms with E-state index in [1.807, 2.05) is 30.3 Å². The van der Waals surface area contributed by atoms with Crippen LogP contribution in [0.4, 0.5) is 8.78 Å². The van der Waals surface area contributed by atoms with Gasteiger partial charge >= 0.3 is 6.61 Å². The summed E-state index contributed by atoms with van der Waals surface area (Å²) in [4.78, 5) is 24.1. The van der Waals surface area contributed by atoms with Crippen LogP contribution < -0.4 is 20.1 Å². The predicted octanol–water partition coefficient (Wildman–Crippen LogP) is 2.39. The maximum Gasteiger partial charge on any atom is 0.387 e. The number of benzene rings is 2. The third kappa shape index (κ3) is 6.25. The smallest absolute Gasteiger partial charge is 0.387 e. The molecule has 0 aromatic heterocycles. The van der Waals surface area contributed by atoms with Gasteiger partial charge in [0.2, 0.25) is 5.91 Å². The second kappa shape index (κ2) is 10.1. The second-order valence-electron chi connectivity index (χ2n) is 5.48. The number of rotatable bonds is 9. The van der Waals surface area contributed by atoms with Crippen LogP contribution in [0.15, 0.2) is 48.5 Å². The Bertz CT molecular complexity index is 770. The Hall–Kier alpha value is -3.16. The molecule has 144 valence electrons. The van der Waals surface area contributed by atoms with Gasteiger partial charge in [-0.25, -0.2) is 0 Å². The molecule has 2 aromatic rings. The van der Waals surface area contributed by atoms with Gasteiger partial charge in [-0.3, -0.25) is 9.59 Å². The summed E-state index contributed by atoms with van der Waals surface area (Å²) in [5, 5.41) is 5.06. The summed E-state index contributed by atoms with van der Waals surface area (Å²) >= 11 is 0. The molecular formula is C19H20F2N2O4. The highest BCUT2D eigenvalue weighted by Crippen LogP contribution is 2.32. The zero-order valence-electron chi connectivity index (χ0n) is 14.7. The van der Waals surface area contributed by atoms with E-state index in [0.717, 1.165) is 5.56 Å². The lowest BCUT2D eigenvalue weighted by Gasteiger charge is -2.14. The largest absolute Gasteiger partial charge is 0.493 e. The van der Waals surface area contributed by atoms with Gasteiger partial charge in [-0.1, -0.05) is 36.4 Å². The van der Waals surface area contributed by atoms with E-state index in [-0.39, 0.29) is 23.6 Å². The molecule has 0 aliphatic carbocycles. The zero-order valence-corrected chi connectivity index (χ0v) is 14.7. The van der Waals surface area contributed by atoms with Gasteiger partial charge in [0.15, 0.2) is 11.5 Å². The average Bonchev–Trinajstić information content (AvgIpc) is 2.66. The number of methoxy groups -OCH3 is 1. The van der Waals surface area contributed by atoms with Crippen LogP contribution in [0.2, 0.25) is 0 Å². The minimum absolute atomic E-state index is 0.00439. The molecule has 0 atom stereocenters. The highest BCUT2D eigenvalue weighted by atomic mass is 19.3. The molecule has 2 N–H and O–H groups in total. The van der Waals surface area contributed by atoms with Gasteiger partial charge < -0.3 is 20.1 Å². The summed E-state index contributed by atoms with van der Waals surface area (Å²) in [7, 11) is 1.27. The van der Waals surface area contributed by atoms with Gasteiger partial charge in [0.1, 0.15) is 0 Å². The summed E-state index contributed by atoms with van der Waals surface area (Å²) in [6.45, 7) is -2.99. The normalized spacial score (nSPS) is 10.4. The van der Waals surface area contributed by atoms with Gasteiger partial charge in [0.25, 0.3) is 5.91 Å². The van der Waals surface area contributed by atoms with Crippen molar-refractivity contribution < 1.29 is 27.8 Å². The molecule has 2 rings (SSSR count). The standard InChI is InChI=1S/C19H20F2N2O4/c1-26-15-9-5-8-14(17(15)27-19(20)21)18(25)23-12-16(24)22-11-10-13-6-3-2-4-7-13/h2-9,19H,10-12H2,1H3,(H,22,24)(H,23,25). The number of amides is 2. The van der Waals surface area contributed by atoms with Crippen molar-refractivity contribution in [2.24, 2.45) is 0 Å². The predicted molar refractivity (Wildman–Crippen MR) is 95.1 cm³/mol. The van der Waals surface area contributed by atoms with E-state index in [2.05, 4.69) is 15.4 Å². The lowest BCUT2D eigenvalue weighted by atomic mass is 10.1. The van der Waals surface area contributed by atoms with Crippen molar-refractivity contribution in [3.8, 4) is 11.5 Å². The topological polar surface area (TPSA) is 76.7 Å². The van der Waals surface area contributed by atoms with E-state index in [4.69, 9.17) is 4.74 Å². The minimum Gasteiger partial charge on any atom is -0.493 e. The van der Waals surface area contributed by atoms with Crippen molar-refractivity contribution in [2.45, 2.75) is 13.0 Å². The first-order valence-corrected chi connectivity index (χ1v) is 8.22. The van der Waals surface area contributed by atoms with E-state index in [1.54, 1.807) is 0 Å². The molecule has 0 unspecified atom stereocenters. The number of carbonyl (C=O) groups is 2. The molecule has 2 amide bonds. The molecule has 27 heavy (non-hydrogen) atoms. The quantitative estimate of drug-likeness (QED) is 0.703. The number of carbonyl (C=O) groups excluding carboxylic acids is 2. The Morgan fingerprint density at radius 2 is 1.78 bits per heavy atom. The van der Waals surface area contributed by atoms with Crippen LogP contribution in [0, 0.1) is 0 Å². The van der Waals surface area contributed by atoms with Gasteiger partial charge in [0.05, 0.1) is 19.2 Å². The van der Waals surface area contributed by atoms with Crippen LogP contribution in [0.3, 0.4) is 0 Å². The highest BCUT2D eigenvalue weighted by Gasteiger charge is 2.20. The minimum atomic E-state index is -3.12. The van der Waals surface area contributed by atoms with Crippen molar-refractivity contribution in [1.82, 2.24) is 10.6 Å². The number of alkyl halides is 2. The second-order valence-corrected chi connectivity index (χ2v) is 5.48. The molecule has 0 saturated heterocycles. The van der Waals surface area contributed by atoms with Gasteiger partial charge in [-0.15, -0.1) is 0 Å². The van der Waals surface area contributed by atoms with Crippen LogP contribution in [0.25, 0.3) is 0 Å². The molecule has 0 fully saturated rings. The summed E-state index contributed by atoms with van der Waals surface area (Å²) in [5.41, 5.74) is 0.929. The van der Waals surface area contributed by atoms with Crippen LogP contribution in [-0.2, 0) is 11.2 Å². The van der Waals surface area contributed by atoms with Gasteiger partial charge in [-0.2, -0.15) is 8.78 Å². The van der Waals surface area contributed by atoms with E-state index in [1.165, 1.54) is 25.3 Å². The third-order valence-corrected chi connectivity index (χ3v) is 3.64. The number of nitrogens with one attached hydrogen (secondary N) is 2. The summed E-state index contributed by atoms with van der Waals surface area (Å²) in [6, 6.07) is 13.8. The number of hydrogen-bond donors (Lipinski definition) is 2. The fraction of sp³-hybridized carbons (Fsp3) is 0.263. The SMILES string of the molecule is COc1cccc(C(=O)NCC(=O)NCCc2ccccc2)c1OC(F)F. The van der Waals surface area contributed by atoms with E-state index < -0.39 is 18.4 Å². The van der Waals surface area contributed by atoms with Crippen molar-refractivity contribution in [1.29, 1.82) is 0 Å². The first-order chi connectivity index (χ1) is 13.0. The summed E-state index contributed by atoms with van der Waals surface area (Å²) < 4.78 is 34.5. The lowest BCUT2D eigenvalue weighted by molar-refractivity contribution is -0.120. The number of para-hydroxylation sites is 1. The molecule has 0 aliphatic heterocycles. The molecule has 0 saturated carbocycles. The highest BCUT2D eigenvalue weighted by molar-refractivity contribution is 5.99. The Morgan fingerprint density at radius 1 is 1.04 bits per heavy atom. The van der Waals surface area contributed by atoms with E-state index in [9.17, 15) is 18.4 Å². The first-order valence-electron chi connectivity index (χ1n) is 8.22. The number of halogens is 2. The number of hydrogen-bond acceptors (Lipinski definition) is 4. The maximum atomic E-state index is 12.6. The fourth-order valence-corrected chi connectivity index (χ4v) is 2.38. The lowest BCUT2D eigenvalue weighted by Crippen LogP contribution is -2.37. The van der Waals surface area contributed by atoms with Gasteiger partial charge in [0, 0.05) is 6.54 Å². The Morgan fingerprint density at radius 3 is 2.44 bits per heavy atom. The molecule has 6 nitrogen and oxygen atoms in total. The first kappa shape index (κ1) is 20.2. The molecule has 8 heteroatoms. The molecule has 0 bridgehead atoms. The van der Waals surface area contributed by atoms with E-state index in [0.29, 0.717) is 13.0 Å². The summed E-state index contributed by atoms with van der Waals surface area (Å²) in [6.07, 6.45) is 0.656. The molecule has 0 radical (unpaired) electrons. The zero-order chi connectivity index (χ0) is 19.6. The number of ether oxygens (including phenoxy) is 2. The maximum absolute atomic E-state index is 12.6. The third-order valence-electron chi connectivity index (χ3n) is 3.64. The van der Waals surface area contributed by atoms with Crippen LogP contribution in [-0.4, -0.2) is 38.6 Å². The van der Waals surface area contributed by atoms with Crippen molar-refractivity contribution >= 4 is 11.8 Å². The molecule has 0 spiro atoms. The van der Waals surface area contributed by atoms with Crippen molar-refractivity contribution in [3.05, 3.63) is 59.7 Å². The molecular weight excluding hydrogens is 358 g/mol. The fourth-order valence-electron chi connectivity index (χ4n) is 2.38. The van der Waals surface area contributed by atoms with Gasteiger partial charge in [-0.05, 0) is 24.1 Å². The average molecular weight is 378 g/mol. The van der Waals surface area contributed by atoms with Crippen LogP contribution >= 0.6 is 0 Å². The molecule has 0 aliphatic rings. The van der Waals surface area contributed by atoms with Crippen molar-refractivity contribution in [3.63, 3.8) is 0 Å².